The number of rotatable bonds is 2. The molecule has 1 aromatic carbocycles. The number of halogens is 1. The lowest BCUT2D eigenvalue weighted by molar-refractivity contribution is 0.592. The van der Waals surface area contributed by atoms with Crippen LogP contribution in [0.4, 0.5) is 4.39 Å². The Hall–Kier alpha value is -0.890. The SMILES string of the molecule is Cc1cc(F)cc(C(C)C(C)N)c1. The molecule has 1 aromatic rings. The lowest BCUT2D eigenvalue weighted by Gasteiger charge is -2.16. The van der Waals surface area contributed by atoms with Gasteiger partial charge in [0.25, 0.3) is 0 Å². The predicted molar refractivity (Wildman–Crippen MR) is 53.2 cm³/mol. The van der Waals surface area contributed by atoms with Crippen LogP contribution in [-0.2, 0) is 0 Å². The predicted octanol–water partition coefficient (Wildman–Crippen LogP) is 2.58. The summed E-state index contributed by atoms with van der Waals surface area (Å²) in [6.45, 7) is 5.84. The molecule has 0 fully saturated rings. The van der Waals surface area contributed by atoms with Crippen molar-refractivity contribution in [1.82, 2.24) is 0 Å². The fourth-order valence-electron chi connectivity index (χ4n) is 1.33. The highest BCUT2D eigenvalue weighted by Gasteiger charge is 2.11. The van der Waals surface area contributed by atoms with Gasteiger partial charge in [-0.05, 0) is 43.0 Å². The van der Waals surface area contributed by atoms with Crippen LogP contribution in [0.15, 0.2) is 18.2 Å². The Kier molecular flexibility index (Phi) is 3.04. The van der Waals surface area contributed by atoms with Crippen molar-refractivity contribution in [3.63, 3.8) is 0 Å². The van der Waals surface area contributed by atoms with E-state index in [1.54, 1.807) is 6.07 Å². The smallest absolute Gasteiger partial charge is 0.123 e. The van der Waals surface area contributed by atoms with Gasteiger partial charge in [0, 0.05) is 6.04 Å². The largest absolute Gasteiger partial charge is 0.327 e. The maximum atomic E-state index is 13.0. The Bertz CT molecular complexity index is 274. The molecule has 2 N–H and O–H groups in total. The molecule has 0 aliphatic heterocycles. The van der Waals surface area contributed by atoms with Crippen LogP contribution < -0.4 is 5.73 Å². The van der Waals surface area contributed by atoms with Crippen LogP contribution in [0.3, 0.4) is 0 Å². The zero-order valence-corrected chi connectivity index (χ0v) is 8.34. The molecule has 1 rings (SSSR count). The minimum atomic E-state index is -0.178. The van der Waals surface area contributed by atoms with E-state index in [0.717, 1.165) is 11.1 Å². The highest BCUT2D eigenvalue weighted by molar-refractivity contribution is 5.27. The highest BCUT2D eigenvalue weighted by atomic mass is 19.1. The summed E-state index contributed by atoms with van der Waals surface area (Å²) in [6, 6.07) is 5.12. The number of hydrogen-bond donors (Lipinski definition) is 1. The second kappa shape index (κ2) is 3.88. The Balaban J connectivity index is 3.01. The second-order valence-corrected chi connectivity index (χ2v) is 3.71. The van der Waals surface area contributed by atoms with E-state index in [2.05, 4.69) is 0 Å². The molecule has 2 atom stereocenters. The Morgan fingerprint density at radius 1 is 1.23 bits per heavy atom. The first-order valence-electron chi connectivity index (χ1n) is 4.53. The molecule has 0 radical (unpaired) electrons. The monoisotopic (exact) mass is 181 g/mol. The van der Waals surface area contributed by atoms with E-state index in [1.165, 1.54) is 6.07 Å². The summed E-state index contributed by atoms with van der Waals surface area (Å²) in [7, 11) is 0. The van der Waals surface area contributed by atoms with Crippen LogP contribution in [0.1, 0.15) is 30.9 Å². The van der Waals surface area contributed by atoms with Gasteiger partial charge in [0.2, 0.25) is 0 Å². The Morgan fingerprint density at radius 2 is 1.85 bits per heavy atom. The minimum absolute atomic E-state index is 0.0567. The van der Waals surface area contributed by atoms with Crippen LogP contribution in [-0.4, -0.2) is 6.04 Å². The van der Waals surface area contributed by atoms with Gasteiger partial charge >= 0.3 is 0 Å². The molecular weight excluding hydrogens is 165 g/mol. The van der Waals surface area contributed by atoms with E-state index < -0.39 is 0 Å². The summed E-state index contributed by atoms with van der Waals surface area (Å²) in [5, 5.41) is 0. The maximum Gasteiger partial charge on any atom is 0.123 e. The van der Waals surface area contributed by atoms with Gasteiger partial charge in [-0.15, -0.1) is 0 Å². The molecule has 0 amide bonds. The van der Waals surface area contributed by atoms with Crippen molar-refractivity contribution in [1.29, 1.82) is 0 Å². The Labute approximate surface area is 78.8 Å². The summed E-state index contributed by atoms with van der Waals surface area (Å²) < 4.78 is 13.0. The first-order valence-corrected chi connectivity index (χ1v) is 4.53. The summed E-state index contributed by atoms with van der Waals surface area (Å²) in [5.74, 6) is 0.0249. The minimum Gasteiger partial charge on any atom is -0.327 e. The molecule has 2 unspecified atom stereocenters. The second-order valence-electron chi connectivity index (χ2n) is 3.71. The van der Waals surface area contributed by atoms with Crippen molar-refractivity contribution in [3.8, 4) is 0 Å². The summed E-state index contributed by atoms with van der Waals surface area (Å²) in [6.07, 6.45) is 0. The summed E-state index contributed by atoms with van der Waals surface area (Å²) in [4.78, 5) is 0. The fraction of sp³-hybridized carbons (Fsp3) is 0.455. The van der Waals surface area contributed by atoms with Crippen molar-refractivity contribution in [2.45, 2.75) is 32.7 Å². The lowest BCUT2D eigenvalue weighted by atomic mass is 9.94. The Morgan fingerprint density at radius 3 is 2.31 bits per heavy atom. The van der Waals surface area contributed by atoms with Crippen molar-refractivity contribution in [2.24, 2.45) is 5.73 Å². The normalized spacial score (nSPS) is 15.5. The third-order valence-electron chi connectivity index (χ3n) is 2.38. The lowest BCUT2D eigenvalue weighted by Crippen LogP contribution is -2.22. The molecule has 0 bridgehead atoms. The zero-order chi connectivity index (χ0) is 10.0. The van der Waals surface area contributed by atoms with Crippen LogP contribution in [0, 0.1) is 12.7 Å². The third-order valence-corrected chi connectivity index (χ3v) is 2.38. The van der Waals surface area contributed by atoms with Gasteiger partial charge in [-0.3, -0.25) is 0 Å². The molecule has 2 heteroatoms. The molecule has 72 valence electrons. The molecule has 1 nitrogen and oxygen atoms in total. The van der Waals surface area contributed by atoms with Crippen LogP contribution in [0.5, 0.6) is 0 Å². The standard InChI is InChI=1S/C11H16FN/c1-7-4-10(6-11(12)5-7)8(2)9(3)13/h4-6,8-9H,13H2,1-3H3. The molecule has 0 saturated heterocycles. The van der Waals surface area contributed by atoms with Crippen molar-refractivity contribution in [2.75, 3.05) is 0 Å². The van der Waals surface area contributed by atoms with E-state index in [9.17, 15) is 4.39 Å². The van der Waals surface area contributed by atoms with Crippen molar-refractivity contribution < 1.29 is 4.39 Å². The molecule has 0 aromatic heterocycles. The molecule has 0 heterocycles. The van der Waals surface area contributed by atoms with Gasteiger partial charge in [-0.25, -0.2) is 4.39 Å². The van der Waals surface area contributed by atoms with Crippen LogP contribution in [0.25, 0.3) is 0 Å². The van der Waals surface area contributed by atoms with Gasteiger partial charge in [0.15, 0.2) is 0 Å². The third kappa shape index (κ3) is 2.52. The number of aryl methyl sites for hydroxylation is 1. The summed E-state index contributed by atoms with van der Waals surface area (Å²) in [5.41, 5.74) is 7.67. The topological polar surface area (TPSA) is 26.0 Å². The van der Waals surface area contributed by atoms with E-state index in [4.69, 9.17) is 5.73 Å². The van der Waals surface area contributed by atoms with E-state index in [0.29, 0.717) is 0 Å². The van der Waals surface area contributed by atoms with E-state index in [1.807, 2.05) is 26.8 Å². The average molecular weight is 181 g/mol. The van der Waals surface area contributed by atoms with E-state index >= 15 is 0 Å². The number of hydrogen-bond acceptors (Lipinski definition) is 1. The molecule has 0 spiro atoms. The fourth-order valence-corrected chi connectivity index (χ4v) is 1.33. The average Bonchev–Trinajstić information content (AvgIpc) is 2.01. The maximum absolute atomic E-state index is 13.0. The van der Waals surface area contributed by atoms with Crippen molar-refractivity contribution in [3.05, 3.63) is 35.1 Å². The van der Waals surface area contributed by atoms with Gasteiger partial charge < -0.3 is 5.73 Å². The van der Waals surface area contributed by atoms with Gasteiger partial charge in [-0.2, -0.15) is 0 Å². The molecule has 0 aliphatic rings. The first kappa shape index (κ1) is 10.2. The summed E-state index contributed by atoms with van der Waals surface area (Å²) >= 11 is 0. The van der Waals surface area contributed by atoms with Gasteiger partial charge in [-0.1, -0.05) is 13.0 Å². The van der Waals surface area contributed by atoms with Crippen molar-refractivity contribution >= 4 is 0 Å². The first-order chi connectivity index (χ1) is 6.00. The molecule has 13 heavy (non-hydrogen) atoms. The van der Waals surface area contributed by atoms with Crippen LogP contribution in [0.2, 0.25) is 0 Å². The molecule has 0 aliphatic carbocycles. The van der Waals surface area contributed by atoms with Gasteiger partial charge in [0.1, 0.15) is 5.82 Å². The van der Waals surface area contributed by atoms with E-state index in [-0.39, 0.29) is 17.8 Å². The molecule has 0 saturated carbocycles. The highest BCUT2D eigenvalue weighted by Crippen LogP contribution is 2.20. The molecular formula is C11H16FN. The number of benzene rings is 1. The van der Waals surface area contributed by atoms with Crippen LogP contribution >= 0.6 is 0 Å². The quantitative estimate of drug-likeness (QED) is 0.745. The number of nitrogens with two attached hydrogens (primary N) is 1. The zero-order valence-electron chi connectivity index (χ0n) is 8.34. The van der Waals surface area contributed by atoms with Gasteiger partial charge in [0.05, 0.1) is 0 Å².